The predicted molar refractivity (Wildman–Crippen MR) is 171 cm³/mol. The Labute approximate surface area is 267 Å². The maximum Gasteiger partial charge on any atom is 0.288 e. The quantitative estimate of drug-likeness (QED) is 0.146. The molecule has 0 N–H and O–H groups in total. The van der Waals surface area contributed by atoms with Crippen LogP contribution in [0.25, 0.3) is 5.57 Å². The second kappa shape index (κ2) is 12.5. The molecular weight excluding hydrogens is 625 g/mol. The minimum Gasteiger partial charge on any atom is -0.363 e. The molecule has 0 radical (unpaired) electrons. The van der Waals surface area contributed by atoms with Crippen molar-refractivity contribution in [1.82, 2.24) is 0 Å². The number of benzene rings is 4. The summed E-state index contributed by atoms with van der Waals surface area (Å²) in [4.78, 5) is 25.6. The van der Waals surface area contributed by atoms with E-state index in [1.165, 1.54) is 36.4 Å². The number of nitro groups is 2. The van der Waals surface area contributed by atoms with E-state index in [0.717, 1.165) is 11.1 Å². The number of halogens is 4. The summed E-state index contributed by atoms with van der Waals surface area (Å²) in [5.41, 5.74) is 2.72. The van der Waals surface area contributed by atoms with Crippen LogP contribution in [0.2, 0.25) is 10.0 Å². The van der Waals surface area contributed by atoms with Crippen molar-refractivity contribution in [3.8, 4) is 0 Å². The fourth-order valence-corrected chi connectivity index (χ4v) is 6.74. The summed E-state index contributed by atoms with van der Waals surface area (Å²) < 4.78 is 31.9. The molecule has 0 aliphatic carbocycles. The van der Waals surface area contributed by atoms with Gasteiger partial charge in [0.2, 0.25) is 0 Å². The highest BCUT2D eigenvalue weighted by atomic mass is 35.5. The standard InChI is InChI=1S/C33H26Cl2F2N4O4/c34-25-8-6-22(16-31(25)40(42)43)29-10-11-30(23-7-9-26(35)32(17-23)41(44)45)39(29)24-18-27(36)33(28(37)19-24)38-14-12-21(13-15-38)20-4-2-1-3-5-20/h1-9,12,16-19,29-30H,10-11,13-15H2. The molecule has 2 aliphatic heterocycles. The second-order valence-corrected chi connectivity index (χ2v) is 11.8. The van der Waals surface area contributed by atoms with Gasteiger partial charge in [0.15, 0.2) is 11.6 Å². The van der Waals surface area contributed by atoms with Gasteiger partial charge in [-0.3, -0.25) is 20.2 Å². The van der Waals surface area contributed by atoms with E-state index in [-0.39, 0.29) is 32.8 Å². The molecule has 0 bridgehead atoms. The molecule has 2 atom stereocenters. The highest BCUT2D eigenvalue weighted by Crippen LogP contribution is 2.49. The zero-order valence-corrected chi connectivity index (χ0v) is 25.2. The van der Waals surface area contributed by atoms with Gasteiger partial charge in [0, 0.05) is 30.9 Å². The summed E-state index contributed by atoms with van der Waals surface area (Å²) in [5.74, 6) is -1.51. The van der Waals surface area contributed by atoms with Crippen molar-refractivity contribution in [1.29, 1.82) is 0 Å². The fourth-order valence-electron chi connectivity index (χ4n) is 6.37. The van der Waals surface area contributed by atoms with Crippen LogP contribution in [0.3, 0.4) is 0 Å². The minimum absolute atomic E-state index is 0.0365. The summed E-state index contributed by atoms with van der Waals surface area (Å²) in [5, 5.41) is 23.2. The number of hydrogen-bond acceptors (Lipinski definition) is 6. The molecule has 0 aromatic heterocycles. The van der Waals surface area contributed by atoms with Crippen LogP contribution in [0.15, 0.2) is 84.9 Å². The Bertz CT molecular complexity index is 1740. The lowest BCUT2D eigenvalue weighted by atomic mass is 9.99. The van der Waals surface area contributed by atoms with Gasteiger partial charge in [-0.25, -0.2) is 8.78 Å². The zero-order chi connectivity index (χ0) is 31.8. The van der Waals surface area contributed by atoms with E-state index in [2.05, 4.69) is 0 Å². The van der Waals surface area contributed by atoms with Gasteiger partial charge in [-0.05, 0) is 65.8 Å². The largest absolute Gasteiger partial charge is 0.363 e. The van der Waals surface area contributed by atoms with Crippen molar-refractivity contribution >= 4 is 51.5 Å². The second-order valence-electron chi connectivity index (χ2n) is 11.0. The molecule has 4 aromatic carbocycles. The van der Waals surface area contributed by atoms with Gasteiger partial charge in [-0.15, -0.1) is 0 Å². The number of nitro benzene ring substituents is 2. The van der Waals surface area contributed by atoms with Crippen LogP contribution >= 0.6 is 23.2 Å². The third-order valence-electron chi connectivity index (χ3n) is 8.46. The third kappa shape index (κ3) is 5.95. The minimum atomic E-state index is -0.755. The van der Waals surface area contributed by atoms with Gasteiger partial charge < -0.3 is 9.80 Å². The Morgan fingerprint density at radius 3 is 1.76 bits per heavy atom. The summed E-state index contributed by atoms with van der Waals surface area (Å²) >= 11 is 12.1. The van der Waals surface area contributed by atoms with E-state index in [4.69, 9.17) is 23.2 Å². The highest BCUT2D eigenvalue weighted by Gasteiger charge is 2.38. The van der Waals surface area contributed by atoms with Crippen LogP contribution < -0.4 is 9.80 Å². The molecule has 2 aliphatic rings. The lowest BCUT2D eigenvalue weighted by Crippen LogP contribution is -2.31. The van der Waals surface area contributed by atoms with Crippen molar-refractivity contribution in [2.75, 3.05) is 22.9 Å². The van der Waals surface area contributed by atoms with Crippen LogP contribution in [-0.4, -0.2) is 22.9 Å². The molecule has 1 fully saturated rings. The van der Waals surface area contributed by atoms with Crippen molar-refractivity contribution < 1.29 is 18.6 Å². The maximum absolute atomic E-state index is 15.9. The average Bonchev–Trinajstić information content (AvgIpc) is 3.47. The molecule has 230 valence electrons. The topological polar surface area (TPSA) is 92.8 Å². The van der Waals surface area contributed by atoms with Crippen LogP contribution in [0, 0.1) is 31.9 Å². The first-order valence-electron chi connectivity index (χ1n) is 14.3. The first-order valence-corrected chi connectivity index (χ1v) is 15.0. The van der Waals surface area contributed by atoms with E-state index in [1.54, 1.807) is 21.9 Å². The van der Waals surface area contributed by atoms with Gasteiger partial charge in [0.1, 0.15) is 15.7 Å². The monoisotopic (exact) mass is 650 g/mol. The molecule has 2 unspecified atom stereocenters. The SMILES string of the molecule is O=[N+]([O-])c1cc(C2CCC(c3ccc(Cl)c([N+](=O)[O-])c3)N2c2cc(F)c(N3CC=C(c4ccccc4)CC3)c(F)c2)ccc1Cl. The van der Waals surface area contributed by atoms with Crippen molar-refractivity contribution in [2.24, 2.45) is 0 Å². The summed E-state index contributed by atoms with van der Waals surface area (Å²) in [6, 6.07) is 20.1. The molecule has 6 rings (SSSR count). The molecule has 2 heterocycles. The Morgan fingerprint density at radius 1 is 0.756 bits per heavy atom. The third-order valence-corrected chi connectivity index (χ3v) is 9.10. The Balaban J connectivity index is 1.39. The van der Waals surface area contributed by atoms with E-state index < -0.39 is 33.6 Å². The Kier molecular flexibility index (Phi) is 8.44. The van der Waals surface area contributed by atoms with Gasteiger partial charge in [-0.1, -0.05) is 71.7 Å². The van der Waals surface area contributed by atoms with Crippen molar-refractivity contribution in [2.45, 2.75) is 31.3 Å². The molecule has 1 saturated heterocycles. The van der Waals surface area contributed by atoms with Crippen molar-refractivity contribution in [3.63, 3.8) is 0 Å². The predicted octanol–water partition coefficient (Wildman–Crippen LogP) is 9.46. The molecule has 45 heavy (non-hydrogen) atoms. The van der Waals surface area contributed by atoms with Gasteiger partial charge in [0.05, 0.1) is 21.9 Å². The average molecular weight is 651 g/mol. The molecule has 0 spiro atoms. The fraction of sp³-hybridized carbons (Fsp3) is 0.212. The number of anilines is 2. The molecule has 0 saturated carbocycles. The lowest BCUT2D eigenvalue weighted by molar-refractivity contribution is -0.384. The van der Waals surface area contributed by atoms with Gasteiger partial charge in [-0.2, -0.15) is 0 Å². The maximum atomic E-state index is 15.9. The Hall–Kier alpha value is -4.54. The van der Waals surface area contributed by atoms with Gasteiger partial charge >= 0.3 is 0 Å². The highest BCUT2D eigenvalue weighted by molar-refractivity contribution is 6.33. The number of nitrogens with zero attached hydrogens (tertiary/aromatic N) is 4. The lowest BCUT2D eigenvalue weighted by Gasteiger charge is -2.34. The van der Waals surface area contributed by atoms with E-state index in [0.29, 0.717) is 43.5 Å². The zero-order valence-electron chi connectivity index (χ0n) is 23.7. The molecule has 8 nitrogen and oxygen atoms in total. The smallest absolute Gasteiger partial charge is 0.288 e. The Morgan fingerprint density at radius 2 is 1.29 bits per heavy atom. The van der Waals surface area contributed by atoms with E-state index in [1.807, 2.05) is 36.4 Å². The number of rotatable bonds is 7. The normalized spacial score (nSPS) is 18.2. The summed E-state index contributed by atoms with van der Waals surface area (Å²) in [7, 11) is 0. The van der Waals surface area contributed by atoms with Crippen LogP contribution in [0.1, 0.15) is 48.0 Å². The first-order chi connectivity index (χ1) is 21.6. The van der Waals surface area contributed by atoms with Crippen molar-refractivity contribution in [3.05, 3.63) is 144 Å². The summed E-state index contributed by atoms with van der Waals surface area (Å²) in [6.45, 7) is 0.751. The summed E-state index contributed by atoms with van der Waals surface area (Å²) in [6.07, 6.45) is 3.48. The molecule has 12 heteroatoms. The molecule has 4 aromatic rings. The molecule has 0 amide bonds. The molecular formula is C33H26Cl2F2N4O4. The van der Waals surface area contributed by atoms with Crippen LogP contribution in [0.5, 0.6) is 0 Å². The van der Waals surface area contributed by atoms with E-state index >= 15 is 8.78 Å². The number of hydrogen-bond donors (Lipinski definition) is 0. The van der Waals surface area contributed by atoms with Gasteiger partial charge in [0.25, 0.3) is 11.4 Å². The van der Waals surface area contributed by atoms with Crippen LogP contribution in [-0.2, 0) is 0 Å². The van der Waals surface area contributed by atoms with Crippen LogP contribution in [0.4, 0.5) is 31.5 Å². The first kappa shape index (κ1) is 30.5. The van der Waals surface area contributed by atoms with E-state index in [9.17, 15) is 20.2 Å².